The highest BCUT2D eigenvalue weighted by Gasteiger charge is 2.25. The van der Waals surface area contributed by atoms with Gasteiger partial charge < -0.3 is 11.1 Å². The Kier molecular flexibility index (Phi) is 3.12. The lowest BCUT2D eigenvalue weighted by atomic mass is 10.0. The number of aromatic nitrogens is 1. The van der Waals surface area contributed by atoms with Crippen molar-refractivity contribution in [1.82, 2.24) is 15.2 Å². The van der Waals surface area contributed by atoms with Crippen molar-refractivity contribution in [2.45, 2.75) is 25.9 Å². The Hall–Kier alpha value is -1.13. The fourth-order valence-electron chi connectivity index (χ4n) is 2.14. The van der Waals surface area contributed by atoms with Gasteiger partial charge in [-0.15, -0.1) is 0 Å². The minimum absolute atomic E-state index is 0.200. The number of pyridine rings is 1. The van der Waals surface area contributed by atoms with Crippen LogP contribution in [0, 0.1) is 0 Å². The molecule has 16 heavy (non-hydrogen) atoms. The molecular weight excluding hydrogens is 200 g/mol. The number of rotatable bonds is 2. The molecule has 0 amide bonds. The normalized spacial score (nSPS) is 20.9. The summed E-state index contributed by atoms with van der Waals surface area (Å²) in [7, 11) is 0. The second-order valence-electron chi connectivity index (χ2n) is 5.10. The first-order chi connectivity index (χ1) is 7.55. The van der Waals surface area contributed by atoms with Crippen molar-refractivity contribution < 1.29 is 0 Å². The Balaban J connectivity index is 1.97. The van der Waals surface area contributed by atoms with E-state index >= 15 is 0 Å². The zero-order valence-electron chi connectivity index (χ0n) is 10.0. The molecule has 1 aromatic rings. The molecule has 3 N–H and O–H groups in total. The average Bonchev–Trinajstić information content (AvgIpc) is 2.20. The van der Waals surface area contributed by atoms with E-state index < -0.39 is 0 Å². The van der Waals surface area contributed by atoms with Crippen LogP contribution in [0.2, 0.25) is 0 Å². The second-order valence-corrected chi connectivity index (χ2v) is 5.10. The van der Waals surface area contributed by atoms with Gasteiger partial charge >= 0.3 is 0 Å². The van der Waals surface area contributed by atoms with E-state index in [1.165, 1.54) is 0 Å². The molecule has 4 nitrogen and oxygen atoms in total. The first-order valence-corrected chi connectivity index (χ1v) is 5.73. The standard InChI is InChI=1S/C12H20N4/c1-12(2)9-16(6-5-15-12)8-11-4-3-10(13)7-14-11/h3-4,7,15H,5-6,8-9,13H2,1-2H3. The Morgan fingerprint density at radius 1 is 1.50 bits per heavy atom. The van der Waals surface area contributed by atoms with E-state index in [0.717, 1.165) is 37.6 Å². The third-order valence-corrected chi connectivity index (χ3v) is 2.88. The van der Waals surface area contributed by atoms with Crippen molar-refractivity contribution in [2.75, 3.05) is 25.4 Å². The minimum atomic E-state index is 0.200. The van der Waals surface area contributed by atoms with Gasteiger partial charge in [-0.1, -0.05) is 0 Å². The van der Waals surface area contributed by atoms with Gasteiger partial charge in [0.2, 0.25) is 0 Å². The third-order valence-electron chi connectivity index (χ3n) is 2.88. The van der Waals surface area contributed by atoms with Crippen LogP contribution < -0.4 is 11.1 Å². The van der Waals surface area contributed by atoms with Crippen LogP contribution in [-0.4, -0.2) is 35.1 Å². The number of nitrogens with two attached hydrogens (primary N) is 1. The molecule has 0 saturated carbocycles. The van der Waals surface area contributed by atoms with Gasteiger partial charge in [-0.05, 0) is 26.0 Å². The highest BCUT2D eigenvalue weighted by atomic mass is 15.2. The van der Waals surface area contributed by atoms with E-state index in [0.29, 0.717) is 0 Å². The van der Waals surface area contributed by atoms with E-state index in [9.17, 15) is 0 Å². The van der Waals surface area contributed by atoms with Gasteiger partial charge in [0.1, 0.15) is 0 Å². The predicted molar refractivity (Wildman–Crippen MR) is 66.0 cm³/mol. The SMILES string of the molecule is CC1(C)CN(Cc2ccc(N)cn2)CCN1. The number of nitrogens with one attached hydrogen (secondary N) is 1. The van der Waals surface area contributed by atoms with E-state index in [2.05, 4.69) is 29.0 Å². The van der Waals surface area contributed by atoms with Crippen molar-refractivity contribution in [2.24, 2.45) is 0 Å². The van der Waals surface area contributed by atoms with Crippen LogP contribution >= 0.6 is 0 Å². The number of piperazine rings is 1. The Bertz CT molecular complexity index is 345. The molecule has 0 aliphatic carbocycles. The van der Waals surface area contributed by atoms with Gasteiger partial charge in [-0.2, -0.15) is 0 Å². The quantitative estimate of drug-likeness (QED) is 0.776. The number of hydrogen-bond acceptors (Lipinski definition) is 4. The van der Waals surface area contributed by atoms with Gasteiger partial charge in [-0.25, -0.2) is 0 Å². The Labute approximate surface area is 96.8 Å². The first-order valence-electron chi connectivity index (χ1n) is 5.73. The van der Waals surface area contributed by atoms with Crippen LogP contribution in [0.15, 0.2) is 18.3 Å². The summed E-state index contributed by atoms with van der Waals surface area (Å²) in [5, 5.41) is 3.50. The minimum Gasteiger partial charge on any atom is -0.397 e. The van der Waals surface area contributed by atoms with Crippen LogP contribution in [0.25, 0.3) is 0 Å². The van der Waals surface area contributed by atoms with Crippen LogP contribution in [-0.2, 0) is 6.54 Å². The van der Waals surface area contributed by atoms with Crippen LogP contribution in [0.4, 0.5) is 5.69 Å². The van der Waals surface area contributed by atoms with Crippen LogP contribution in [0.1, 0.15) is 19.5 Å². The van der Waals surface area contributed by atoms with E-state index in [1.54, 1.807) is 6.20 Å². The van der Waals surface area contributed by atoms with Crippen LogP contribution in [0.3, 0.4) is 0 Å². The van der Waals surface area contributed by atoms with Crippen molar-refractivity contribution in [1.29, 1.82) is 0 Å². The Morgan fingerprint density at radius 3 is 2.94 bits per heavy atom. The zero-order valence-corrected chi connectivity index (χ0v) is 10.0. The first kappa shape index (κ1) is 11.4. The molecule has 4 heteroatoms. The highest BCUT2D eigenvalue weighted by Crippen LogP contribution is 2.13. The largest absolute Gasteiger partial charge is 0.397 e. The maximum Gasteiger partial charge on any atom is 0.0545 e. The smallest absolute Gasteiger partial charge is 0.0545 e. The number of nitrogens with zero attached hydrogens (tertiary/aromatic N) is 2. The maximum absolute atomic E-state index is 5.62. The summed E-state index contributed by atoms with van der Waals surface area (Å²) in [4.78, 5) is 6.76. The number of anilines is 1. The van der Waals surface area contributed by atoms with E-state index in [4.69, 9.17) is 5.73 Å². The molecule has 0 unspecified atom stereocenters. The molecule has 1 aromatic heterocycles. The summed E-state index contributed by atoms with van der Waals surface area (Å²) in [6.45, 7) is 8.55. The number of hydrogen-bond donors (Lipinski definition) is 2. The summed E-state index contributed by atoms with van der Waals surface area (Å²) in [6, 6.07) is 3.92. The molecule has 0 bridgehead atoms. The molecule has 1 saturated heterocycles. The topological polar surface area (TPSA) is 54.2 Å². The lowest BCUT2D eigenvalue weighted by Crippen LogP contribution is -2.56. The third kappa shape index (κ3) is 2.93. The molecule has 2 heterocycles. The Morgan fingerprint density at radius 2 is 2.31 bits per heavy atom. The van der Waals surface area contributed by atoms with Crippen molar-refractivity contribution in [3.8, 4) is 0 Å². The van der Waals surface area contributed by atoms with Gasteiger partial charge in [0.15, 0.2) is 0 Å². The van der Waals surface area contributed by atoms with E-state index in [-0.39, 0.29) is 5.54 Å². The van der Waals surface area contributed by atoms with Crippen molar-refractivity contribution >= 4 is 5.69 Å². The molecule has 0 atom stereocenters. The molecule has 1 fully saturated rings. The van der Waals surface area contributed by atoms with Crippen LogP contribution in [0.5, 0.6) is 0 Å². The molecular formula is C12H20N4. The fourth-order valence-corrected chi connectivity index (χ4v) is 2.14. The van der Waals surface area contributed by atoms with Crippen molar-refractivity contribution in [3.63, 3.8) is 0 Å². The summed E-state index contributed by atoms with van der Waals surface area (Å²) in [5.41, 5.74) is 7.63. The lowest BCUT2D eigenvalue weighted by Gasteiger charge is -2.38. The molecule has 0 aromatic carbocycles. The zero-order chi connectivity index (χ0) is 11.6. The van der Waals surface area contributed by atoms with Crippen molar-refractivity contribution in [3.05, 3.63) is 24.0 Å². The van der Waals surface area contributed by atoms with Gasteiger partial charge in [0.05, 0.1) is 17.6 Å². The van der Waals surface area contributed by atoms with E-state index in [1.807, 2.05) is 12.1 Å². The molecule has 0 radical (unpaired) electrons. The average molecular weight is 220 g/mol. The molecule has 88 valence electrons. The molecule has 2 rings (SSSR count). The maximum atomic E-state index is 5.62. The number of nitrogen functional groups attached to an aromatic ring is 1. The molecule has 1 aliphatic rings. The molecule has 1 aliphatic heterocycles. The summed E-state index contributed by atoms with van der Waals surface area (Å²) >= 11 is 0. The lowest BCUT2D eigenvalue weighted by molar-refractivity contribution is 0.147. The summed E-state index contributed by atoms with van der Waals surface area (Å²) in [5.74, 6) is 0. The monoisotopic (exact) mass is 220 g/mol. The summed E-state index contributed by atoms with van der Waals surface area (Å²) < 4.78 is 0. The second kappa shape index (κ2) is 4.39. The summed E-state index contributed by atoms with van der Waals surface area (Å²) in [6.07, 6.45) is 1.72. The fraction of sp³-hybridized carbons (Fsp3) is 0.583. The van der Waals surface area contributed by atoms with Gasteiger partial charge in [0, 0.05) is 31.7 Å². The van der Waals surface area contributed by atoms with Gasteiger partial charge in [0.25, 0.3) is 0 Å². The highest BCUT2D eigenvalue weighted by molar-refractivity contribution is 5.34. The van der Waals surface area contributed by atoms with Gasteiger partial charge in [-0.3, -0.25) is 9.88 Å². The molecule has 0 spiro atoms. The predicted octanol–water partition coefficient (Wildman–Crippen LogP) is 0.848.